The Hall–Kier alpha value is -2.90. The smallest absolute Gasteiger partial charge is 0.340 e. The minimum Gasteiger partial charge on any atom is -0.462 e. The SMILES string of the molecule is CCCC1(CCC)NC(=O)N(CC(=O)Nc2ccccc2C(=O)OCC)C1=O. The second kappa shape index (κ2) is 9.34. The molecule has 8 nitrogen and oxygen atoms in total. The van der Waals surface area contributed by atoms with Crippen LogP contribution in [-0.4, -0.2) is 47.4 Å². The van der Waals surface area contributed by atoms with Crippen LogP contribution < -0.4 is 10.6 Å². The van der Waals surface area contributed by atoms with E-state index in [2.05, 4.69) is 10.6 Å². The minimum absolute atomic E-state index is 0.209. The summed E-state index contributed by atoms with van der Waals surface area (Å²) in [6.07, 6.45) is 2.52. The van der Waals surface area contributed by atoms with E-state index < -0.39 is 30.0 Å². The van der Waals surface area contributed by atoms with Crippen LogP contribution in [0.25, 0.3) is 0 Å². The van der Waals surface area contributed by atoms with Gasteiger partial charge in [0.25, 0.3) is 5.91 Å². The highest BCUT2D eigenvalue weighted by atomic mass is 16.5. The van der Waals surface area contributed by atoms with Crippen LogP contribution in [0.2, 0.25) is 0 Å². The van der Waals surface area contributed by atoms with Crippen LogP contribution in [0.15, 0.2) is 24.3 Å². The number of rotatable bonds is 9. The van der Waals surface area contributed by atoms with Crippen LogP contribution >= 0.6 is 0 Å². The van der Waals surface area contributed by atoms with Crippen molar-refractivity contribution >= 4 is 29.5 Å². The molecule has 2 rings (SSSR count). The summed E-state index contributed by atoms with van der Waals surface area (Å²) in [5, 5.41) is 5.36. The largest absolute Gasteiger partial charge is 0.462 e. The summed E-state index contributed by atoms with van der Waals surface area (Å²) in [6.45, 7) is 5.37. The fourth-order valence-corrected chi connectivity index (χ4v) is 3.45. The van der Waals surface area contributed by atoms with E-state index in [1.165, 1.54) is 6.07 Å². The predicted molar refractivity (Wildman–Crippen MR) is 104 cm³/mol. The van der Waals surface area contributed by atoms with E-state index in [1.54, 1.807) is 25.1 Å². The third-order valence-electron chi connectivity index (χ3n) is 4.60. The number of carbonyl (C=O) groups excluding carboxylic acids is 4. The lowest BCUT2D eigenvalue weighted by molar-refractivity contribution is -0.134. The highest BCUT2D eigenvalue weighted by Gasteiger charge is 2.50. The zero-order chi connectivity index (χ0) is 20.7. The molecule has 4 amide bonds. The molecule has 1 saturated heterocycles. The summed E-state index contributed by atoms with van der Waals surface area (Å²) in [5.41, 5.74) is -0.462. The van der Waals surface area contributed by atoms with E-state index in [9.17, 15) is 19.2 Å². The van der Waals surface area contributed by atoms with Gasteiger partial charge in [-0.1, -0.05) is 38.8 Å². The van der Waals surface area contributed by atoms with Crippen molar-refractivity contribution in [3.63, 3.8) is 0 Å². The van der Waals surface area contributed by atoms with Crippen LogP contribution in [0.4, 0.5) is 10.5 Å². The Bertz CT molecular complexity index is 756. The second-order valence-corrected chi connectivity index (χ2v) is 6.72. The number of amides is 4. The predicted octanol–water partition coefficient (Wildman–Crippen LogP) is 2.69. The number of hydrogen-bond donors (Lipinski definition) is 2. The maximum atomic E-state index is 12.9. The van der Waals surface area contributed by atoms with Crippen molar-refractivity contribution in [3.8, 4) is 0 Å². The number of imide groups is 1. The van der Waals surface area contributed by atoms with Gasteiger partial charge in [0, 0.05) is 0 Å². The summed E-state index contributed by atoms with van der Waals surface area (Å²) in [7, 11) is 0. The second-order valence-electron chi connectivity index (χ2n) is 6.72. The fraction of sp³-hybridized carbons (Fsp3) is 0.500. The third kappa shape index (κ3) is 4.49. The van der Waals surface area contributed by atoms with E-state index in [4.69, 9.17) is 4.74 Å². The zero-order valence-electron chi connectivity index (χ0n) is 16.5. The van der Waals surface area contributed by atoms with E-state index in [1.807, 2.05) is 13.8 Å². The van der Waals surface area contributed by atoms with Gasteiger partial charge in [0.2, 0.25) is 5.91 Å². The minimum atomic E-state index is -0.941. The summed E-state index contributed by atoms with van der Waals surface area (Å²) in [6, 6.07) is 5.85. The molecule has 1 aliphatic heterocycles. The molecule has 0 radical (unpaired) electrons. The van der Waals surface area contributed by atoms with Gasteiger partial charge in [0.1, 0.15) is 12.1 Å². The van der Waals surface area contributed by atoms with Gasteiger partial charge in [0.15, 0.2) is 0 Å². The van der Waals surface area contributed by atoms with Crippen LogP contribution in [0.1, 0.15) is 56.8 Å². The van der Waals surface area contributed by atoms with Gasteiger partial charge in [-0.05, 0) is 31.9 Å². The van der Waals surface area contributed by atoms with Crippen molar-refractivity contribution in [3.05, 3.63) is 29.8 Å². The lowest BCUT2D eigenvalue weighted by atomic mass is 9.88. The Morgan fingerprint density at radius 1 is 1.11 bits per heavy atom. The van der Waals surface area contributed by atoms with Gasteiger partial charge >= 0.3 is 12.0 Å². The number of benzene rings is 1. The first-order valence-corrected chi connectivity index (χ1v) is 9.58. The first kappa shape index (κ1) is 21.4. The fourth-order valence-electron chi connectivity index (χ4n) is 3.45. The van der Waals surface area contributed by atoms with E-state index in [0.29, 0.717) is 12.8 Å². The number of carbonyl (C=O) groups is 4. The summed E-state index contributed by atoms with van der Waals surface area (Å²) in [4.78, 5) is 50.6. The van der Waals surface area contributed by atoms with Crippen molar-refractivity contribution < 1.29 is 23.9 Å². The molecule has 1 heterocycles. The third-order valence-corrected chi connectivity index (χ3v) is 4.60. The number of hydrogen-bond acceptors (Lipinski definition) is 5. The Morgan fingerprint density at radius 2 is 1.75 bits per heavy atom. The van der Waals surface area contributed by atoms with E-state index in [-0.39, 0.29) is 23.8 Å². The number of urea groups is 1. The van der Waals surface area contributed by atoms with Gasteiger partial charge in [-0.2, -0.15) is 0 Å². The molecule has 0 spiro atoms. The summed E-state index contributed by atoms with van der Waals surface area (Å²) < 4.78 is 4.98. The molecule has 0 aliphatic carbocycles. The number of esters is 1. The standard InChI is InChI=1S/C20H27N3O5/c1-4-11-20(12-5-2)18(26)23(19(27)22-20)13-16(24)21-15-10-8-7-9-14(15)17(25)28-6-3/h7-10H,4-6,11-13H2,1-3H3,(H,21,24)(H,22,27). The molecular formula is C20H27N3O5. The van der Waals surface area contributed by atoms with Crippen molar-refractivity contribution in [1.29, 1.82) is 0 Å². The quantitative estimate of drug-likeness (QED) is 0.499. The summed E-state index contributed by atoms with van der Waals surface area (Å²) in [5.74, 6) is -1.50. The molecule has 2 N–H and O–H groups in total. The number of nitrogens with one attached hydrogen (secondary N) is 2. The Labute approximate surface area is 164 Å². The van der Waals surface area contributed by atoms with E-state index in [0.717, 1.165) is 17.7 Å². The van der Waals surface area contributed by atoms with Crippen LogP contribution in [0, 0.1) is 0 Å². The van der Waals surface area contributed by atoms with Crippen molar-refractivity contribution in [2.45, 2.75) is 52.0 Å². The molecule has 152 valence electrons. The maximum Gasteiger partial charge on any atom is 0.340 e. The van der Waals surface area contributed by atoms with Gasteiger partial charge in [-0.15, -0.1) is 0 Å². The molecule has 1 fully saturated rings. The van der Waals surface area contributed by atoms with Gasteiger partial charge in [0.05, 0.1) is 17.9 Å². The van der Waals surface area contributed by atoms with Crippen LogP contribution in [0.5, 0.6) is 0 Å². The molecule has 0 aromatic heterocycles. The average molecular weight is 389 g/mol. The normalized spacial score (nSPS) is 15.3. The first-order chi connectivity index (χ1) is 13.4. The number of nitrogens with zero attached hydrogens (tertiary/aromatic N) is 1. The molecule has 0 unspecified atom stereocenters. The van der Waals surface area contributed by atoms with Crippen molar-refractivity contribution in [2.75, 3.05) is 18.5 Å². The highest BCUT2D eigenvalue weighted by Crippen LogP contribution is 2.28. The number of ether oxygens (including phenoxy) is 1. The molecule has 0 saturated carbocycles. The number of anilines is 1. The molecule has 1 aliphatic rings. The maximum absolute atomic E-state index is 12.9. The summed E-state index contributed by atoms with van der Waals surface area (Å²) >= 11 is 0. The lowest BCUT2D eigenvalue weighted by Gasteiger charge is -2.25. The van der Waals surface area contributed by atoms with E-state index >= 15 is 0 Å². The van der Waals surface area contributed by atoms with Crippen LogP contribution in [0.3, 0.4) is 0 Å². The molecule has 1 aromatic rings. The van der Waals surface area contributed by atoms with Crippen LogP contribution in [-0.2, 0) is 14.3 Å². The number of para-hydroxylation sites is 1. The Balaban J connectivity index is 2.13. The van der Waals surface area contributed by atoms with Crippen molar-refractivity contribution in [2.24, 2.45) is 0 Å². The molecule has 1 aromatic carbocycles. The topological polar surface area (TPSA) is 105 Å². The molecule has 0 bridgehead atoms. The average Bonchev–Trinajstić information content (AvgIpc) is 2.87. The molecule has 8 heteroatoms. The highest BCUT2D eigenvalue weighted by molar-refractivity contribution is 6.10. The van der Waals surface area contributed by atoms with Gasteiger partial charge in [-0.25, -0.2) is 9.59 Å². The molecular weight excluding hydrogens is 362 g/mol. The first-order valence-electron chi connectivity index (χ1n) is 9.58. The zero-order valence-corrected chi connectivity index (χ0v) is 16.5. The molecule has 28 heavy (non-hydrogen) atoms. The molecule has 0 atom stereocenters. The van der Waals surface area contributed by atoms with Crippen molar-refractivity contribution in [1.82, 2.24) is 10.2 Å². The Kier molecular flexibility index (Phi) is 7.14. The lowest BCUT2D eigenvalue weighted by Crippen LogP contribution is -2.47. The van der Waals surface area contributed by atoms with Gasteiger partial charge < -0.3 is 15.4 Å². The Morgan fingerprint density at radius 3 is 2.36 bits per heavy atom. The monoisotopic (exact) mass is 389 g/mol. The van der Waals surface area contributed by atoms with Gasteiger partial charge in [-0.3, -0.25) is 14.5 Å².